The second-order valence-corrected chi connectivity index (χ2v) is 6.43. The van der Waals surface area contributed by atoms with Gasteiger partial charge in [0.2, 0.25) is 0 Å². The van der Waals surface area contributed by atoms with Crippen molar-refractivity contribution in [2.24, 2.45) is 0 Å². The fourth-order valence-electron chi connectivity index (χ4n) is 1.71. The van der Waals surface area contributed by atoms with Crippen molar-refractivity contribution in [2.75, 3.05) is 6.54 Å². The van der Waals surface area contributed by atoms with Crippen LogP contribution in [0.25, 0.3) is 0 Å². The predicted molar refractivity (Wildman–Crippen MR) is 77.5 cm³/mol. The molecule has 1 aromatic carbocycles. The monoisotopic (exact) mass is 333 g/mol. The molecule has 8 heteroatoms. The zero-order chi connectivity index (χ0) is 15.3. The maximum atomic E-state index is 13.2. The molecule has 0 aliphatic heterocycles. The molecule has 0 unspecified atom stereocenters. The normalized spacial score (nSPS) is 11.8. The van der Waals surface area contributed by atoms with Crippen LogP contribution in [0, 0.1) is 0 Å². The summed E-state index contributed by atoms with van der Waals surface area (Å²) in [6.07, 6.45) is -3.44. The molecule has 0 aliphatic rings. The number of aromatic nitrogens is 2. The highest BCUT2D eigenvalue weighted by Crippen LogP contribution is 2.40. The van der Waals surface area contributed by atoms with E-state index < -0.39 is 11.7 Å². The van der Waals surface area contributed by atoms with Crippen LogP contribution in [0.4, 0.5) is 13.2 Å². The first-order valence-electron chi connectivity index (χ1n) is 6.35. The molecule has 114 valence electrons. The summed E-state index contributed by atoms with van der Waals surface area (Å²) in [5.74, 6) is 0. The SMILES string of the molecule is CCCNCc1ccc(Sc2nncs2)c(C(F)(F)F)c1. The zero-order valence-electron chi connectivity index (χ0n) is 11.3. The molecule has 0 atom stereocenters. The number of nitrogens with zero attached hydrogens (tertiary/aromatic N) is 2. The van der Waals surface area contributed by atoms with Crippen LogP contribution in [0.2, 0.25) is 0 Å². The molecule has 0 saturated carbocycles. The van der Waals surface area contributed by atoms with Crippen molar-refractivity contribution in [1.82, 2.24) is 15.5 Å². The van der Waals surface area contributed by atoms with Crippen LogP contribution in [-0.2, 0) is 12.7 Å². The number of hydrogen-bond acceptors (Lipinski definition) is 5. The number of halogens is 3. The van der Waals surface area contributed by atoms with E-state index in [1.807, 2.05) is 6.92 Å². The highest BCUT2D eigenvalue weighted by Gasteiger charge is 2.34. The Hall–Kier alpha value is -1.12. The topological polar surface area (TPSA) is 37.8 Å². The van der Waals surface area contributed by atoms with Crippen LogP contribution in [0.5, 0.6) is 0 Å². The van der Waals surface area contributed by atoms with Gasteiger partial charge in [-0.1, -0.05) is 36.1 Å². The van der Waals surface area contributed by atoms with Crippen LogP contribution in [0.3, 0.4) is 0 Å². The van der Waals surface area contributed by atoms with Gasteiger partial charge >= 0.3 is 6.18 Å². The number of alkyl halides is 3. The van der Waals surface area contributed by atoms with Crippen molar-refractivity contribution in [2.45, 2.75) is 35.3 Å². The highest BCUT2D eigenvalue weighted by atomic mass is 32.2. The first kappa shape index (κ1) is 16.3. The summed E-state index contributed by atoms with van der Waals surface area (Å²) >= 11 is 2.21. The van der Waals surface area contributed by atoms with E-state index in [0.717, 1.165) is 24.7 Å². The quantitative estimate of drug-likeness (QED) is 0.804. The van der Waals surface area contributed by atoms with Gasteiger partial charge in [0.05, 0.1) is 5.56 Å². The summed E-state index contributed by atoms with van der Waals surface area (Å²) in [6.45, 7) is 3.22. The second-order valence-electron chi connectivity index (χ2n) is 4.31. The van der Waals surface area contributed by atoms with Gasteiger partial charge in [-0.3, -0.25) is 0 Å². The van der Waals surface area contributed by atoms with Gasteiger partial charge in [-0.15, -0.1) is 10.2 Å². The van der Waals surface area contributed by atoms with Crippen molar-refractivity contribution in [3.8, 4) is 0 Å². The Kier molecular flexibility index (Phi) is 5.60. The van der Waals surface area contributed by atoms with E-state index in [1.54, 1.807) is 6.07 Å². The van der Waals surface area contributed by atoms with Crippen LogP contribution in [0.1, 0.15) is 24.5 Å². The summed E-state index contributed by atoms with van der Waals surface area (Å²) in [7, 11) is 0. The lowest BCUT2D eigenvalue weighted by Crippen LogP contribution is -2.15. The summed E-state index contributed by atoms with van der Waals surface area (Å²) in [5.41, 5.74) is 1.49. The largest absolute Gasteiger partial charge is 0.417 e. The zero-order valence-corrected chi connectivity index (χ0v) is 12.9. The average Bonchev–Trinajstić information content (AvgIpc) is 2.92. The minimum Gasteiger partial charge on any atom is -0.313 e. The van der Waals surface area contributed by atoms with Crippen molar-refractivity contribution >= 4 is 23.1 Å². The van der Waals surface area contributed by atoms with Gasteiger partial charge in [-0.05, 0) is 30.7 Å². The number of hydrogen-bond donors (Lipinski definition) is 1. The lowest BCUT2D eigenvalue weighted by molar-refractivity contribution is -0.139. The average molecular weight is 333 g/mol. The Bertz CT molecular complexity index is 571. The van der Waals surface area contributed by atoms with E-state index in [2.05, 4.69) is 15.5 Å². The Labute approximate surface area is 129 Å². The smallest absolute Gasteiger partial charge is 0.313 e. The molecule has 0 fully saturated rings. The molecule has 2 aromatic rings. The molecular formula is C13H14F3N3S2. The summed E-state index contributed by atoms with van der Waals surface area (Å²) in [6, 6.07) is 4.41. The fraction of sp³-hybridized carbons (Fsp3) is 0.385. The van der Waals surface area contributed by atoms with Gasteiger partial charge in [0.25, 0.3) is 0 Å². The van der Waals surface area contributed by atoms with Crippen LogP contribution >= 0.6 is 23.1 Å². The van der Waals surface area contributed by atoms with E-state index in [1.165, 1.54) is 29.0 Å². The molecule has 3 nitrogen and oxygen atoms in total. The van der Waals surface area contributed by atoms with Crippen molar-refractivity contribution in [3.63, 3.8) is 0 Å². The standard InChI is InChI=1S/C13H14F3N3S2/c1-2-5-17-7-9-3-4-11(10(6-9)13(14,15)16)21-12-19-18-8-20-12/h3-4,6,8,17H,2,5,7H2,1H3. The van der Waals surface area contributed by atoms with Gasteiger partial charge in [0.1, 0.15) is 5.51 Å². The molecule has 0 saturated heterocycles. The molecule has 2 rings (SSSR count). The molecule has 0 bridgehead atoms. The van der Waals surface area contributed by atoms with E-state index in [4.69, 9.17) is 0 Å². The van der Waals surface area contributed by atoms with E-state index >= 15 is 0 Å². The lowest BCUT2D eigenvalue weighted by atomic mass is 10.1. The third-order valence-corrected chi connectivity index (χ3v) is 4.50. The minimum absolute atomic E-state index is 0.151. The summed E-state index contributed by atoms with van der Waals surface area (Å²) < 4.78 is 40.0. The first-order chi connectivity index (χ1) is 10.0. The third-order valence-electron chi connectivity index (χ3n) is 2.64. The van der Waals surface area contributed by atoms with E-state index in [9.17, 15) is 13.2 Å². The van der Waals surface area contributed by atoms with Gasteiger partial charge in [0.15, 0.2) is 4.34 Å². The Morgan fingerprint density at radius 2 is 2.14 bits per heavy atom. The van der Waals surface area contributed by atoms with Crippen molar-refractivity contribution in [1.29, 1.82) is 0 Å². The maximum absolute atomic E-state index is 13.2. The van der Waals surface area contributed by atoms with Crippen molar-refractivity contribution in [3.05, 3.63) is 34.8 Å². The summed E-state index contributed by atoms with van der Waals surface area (Å²) in [5, 5.41) is 10.5. The Balaban J connectivity index is 2.23. The maximum Gasteiger partial charge on any atom is 0.417 e. The number of benzene rings is 1. The van der Waals surface area contributed by atoms with Crippen LogP contribution in [0.15, 0.2) is 32.9 Å². The predicted octanol–water partition coefficient (Wildman–Crippen LogP) is 4.21. The number of nitrogens with one attached hydrogen (secondary N) is 1. The lowest BCUT2D eigenvalue weighted by Gasteiger charge is -2.13. The van der Waals surface area contributed by atoms with E-state index in [0.29, 0.717) is 16.4 Å². The van der Waals surface area contributed by atoms with Gasteiger partial charge in [-0.2, -0.15) is 13.2 Å². The molecule has 1 heterocycles. The number of rotatable bonds is 6. The van der Waals surface area contributed by atoms with Gasteiger partial charge < -0.3 is 5.32 Å². The van der Waals surface area contributed by atoms with Gasteiger partial charge in [0, 0.05) is 11.4 Å². The Morgan fingerprint density at radius 1 is 1.33 bits per heavy atom. The molecule has 21 heavy (non-hydrogen) atoms. The Morgan fingerprint density at radius 3 is 2.76 bits per heavy atom. The third kappa shape index (κ3) is 4.69. The highest BCUT2D eigenvalue weighted by molar-refractivity contribution is 8.01. The molecule has 1 N–H and O–H groups in total. The molecule has 0 radical (unpaired) electrons. The fourth-order valence-corrected chi connectivity index (χ4v) is 3.28. The molecule has 0 spiro atoms. The first-order valence-corrected chi connectivity index (χ1v) is 8.05. The van der Waals surface area contributed by atoms with Crippen LogP contribution in [-0.4, -0.2) is 16.7 Å². The molecule has 0 amide bonds. The molecular weight excluding hydrogens is 319 g/mol. The second kappa shape index (κ2) is 7.24. The van der Waals surface area contributed by atoms with E-state index in [-0.39, 0.29) is 4.90 Å². The molecule has 1 aromatic heterocycles. The minimum atomic E-state index is -4.38. The molecule has 0 aliphatic carbocycles. The van der Waals surface area contributed by atoms with Crippen LogP contribution < -0.4 is 5.32 Å². The van der Waals surface area contributed by atoms with Gasteiger partial charge in [-0.25, -0.2) is 0 Å². The summed E-state index contributed by atoms with van der Waals surface area (Å²) in [4.78, 5) is 0.151. The van der Waals surface area contributed by atoms with Crippen molar-refractivity contribution < 1.29 is 13.2 Å².